The van der Waals surface area contributed by atoms with Gasteiger partial charge in [-0.3, -0.25) is 19.1 Å². The molecule has 0 bridgehead atoms. The van der Waals surface area contributed by atoms with Crippen molar-refractivity contribution >= 4 is 29.0 Å². The highest BCUT2D eigenvalue weighted by atomic mass is 35.5. The van der Waals surface area contributed by atoms with Crippen LogP contribution in [-0.2, 0) is 18.3 Å². The molecule has 1 aromatic heterocycles. The van der Waals surface area contributed by atoms with E-state index in [0.717, 1.165) is 17.9 Å². The van der Waals surface area contributed by atoms with Crippen LogP contribution in [0.5, 0.6) is 5.75 Å². The number of hydrogen-bond acceptors (Lipinski definition) is 5. The van der Waals surface area contributed by atoms with Gasteiger partial charge in [0.1, 0.15) is 11.4 Å². The van der Waals surface area contributed by atoms with E-state index in [1.807, 2.05) is 69.9 Å². The lowest BCUT2D eigenvalue weighted by molar-refractivity contribution is -0.118. The molecule has 0 aliphatic rings. The molecule has 8 nitrogen and oxygen atoms in total. The highest BCUT2D eigenvalue weighted by Gasteiger charge is 2.27. The second-order valence-electron chi connectivity index (χ2n) is 11.5. The molecule has 0 atom stereocenters. The largest absolute Gasteiger partial charge is 0.493 e. The second-order valence-corrected chi connectivity index (χ2v) is 11.9. The number of benzene rings is 2. The fraction of sp³-hybridized carbons (Fsp3) is 0.469. The molecule has 1 heterocycles. The SMILES string of the molecule is CCOc1ccc(Cl)cc1C(=O)CCC(C)(C)CC(=O)Nc1c(CCN(C)C(C)C)n(C)n(-c2ccccc2)c1=O. The Bertz CT molecular complexity index is 1410. The zero-order valence-electron chi connectivity index (χ0n) is 25.3. The van der Waals surface area contributed by atoms with Gasteiger partial charge in [-0.15, -0.1) is 0 Å². The third-order valence-corrected chi connectivity index (χ3v) is 7.68. The van der Waals surface area contributed by atoms with Gasteiger partial charge >= 0.3 is 0 Å². The Kier molecular flexibility index (Phi) is 11.0. The molecule has 1 N–H and O–H groups in total. The van der Waals surface area contributed by atoms with Crippen LogP contribution in [0.25, 0.3) is 5.69 Å². The highest BCUT2D eigenvalue weighted by molar-refractivity contribution is 6.31. The normalized spacial score (nSPS) is 11.8. The predicted octanol–water partition coefficient (Wildman–Crippen LogP) is 6.13. The maximum atomic E-state index is 13.6. The van der Waals surface area contributed by atoms with Crippen LogP contribution in [-0.4, -0.2) is 52.2 Å². The Labute approximate surface area is 248 Å². The van der Waals surface area contributed by atoms with Gasteiger partial charge in [0, 0.05) is 43.9 Å². The minimum atomic E-state index is -0.491. The fourth-order valence-corrected chi connectivity index (χ4v) is 4.93. The summed E-state index contributed by atoms with van der Waals surface area (Å²) in [6.07, 6.45) is 1.46. The van der Waals surface area contributed by atoms with Gasteiger partial charge in [0.2, 0.25) is 5.91 Å². The third kappa shape index (κ3) is 8.33. The zero-order valence-corrected chi connectivity index (χ0v) is 26.0. The summed E-state index contributed by atoms with van der Waals surface area (Å²) in [5.41, 5.74) is 1.47. The summed E-state index contributed by atoms with van der Waals surface area (Å²) in [7, 11) is 3.89. The Hall–Kier alpha value is -3.36. The van der Waals surface area contributed by atoms with E-state index in [-0.39, 0.29) is 30.1 Å². The van der Waals surface area contributed by atoms with Crippen molar-refractivity contribution in [2.24, 2.45) is 12.5 Å². The fourth-order valence-electron chi connectivity index (χ4n) is 4.76. The predicted molar refractivity (Wildman–Crippen MR) is 166 cm³/mol. The van der Waals surface area contributed by atoms with Crippen molar-refractivity contribution in [2.45, 2.75) is 66.3 Å². The summed E-state index contributed by atoms with van der Waals surface area (Å²) >= 11 is 6.14. The molecule has 3 aromatic rings. The quantitative estimate of drug-likeness (QED) is 0.231. The van der Waals surface area contributed by atoms with Gasteiger partial charge in [-0.05, 0) is 70.0 Å². The van der Waals surface area contributed by atoms with E-state index >= 15 is 0 Å². The first-order valence-corrected chi connectivity index (χ1v) is 14.5. The number of halogens is 1. The lowest BCUT2D eigenvalue weighted by atomic mass is 9.82. The lowest BCUT2D eigenvalue weighted by Crippen LogP contribution is -2.29. The summed E-state index contributed by atoms with van der Waals surface area (Å²) in [6, 6.07) is 14.8. The van der Waals surface area contributed by atoms with E-state index in [9.17, 15) is 14.4 Å². The van der Waals surface area contributed by atoms with E-state index in [1.54, 1.807) is 22.9 Å². The van der Waals surface area contributed by atoms with Crippen LogP contribution >= 0.6 is 11.6 Å². The minimum Gasteiger partial charge on any atom is -0.493 e. The van der Waals surface area contributed by atoms with Crippen molar-refractivity contribution in [3.8, 4) is 11.4 Å². The first kappa shape index (κ1) is 32.2. The molecule has 9 heteroatoms. The number of para-hydroxylation sites is 1. The molecule has 3 rings (SSSR count). The van der Waals surface area contributed by atoms with E-state index in [1.165, 1.54) is 0 Å². The Balaban J connectivity index is 1.78. The first-order chi connectivity index (χ1) is 19.3. The Morgan fingerprint density at radius 1 is 1.12 bits per heavy atom. The van der Waals surface area contributed by atoms with Crippen LogP contribution in [0.2, 0.25) is 5.02 Å². The zero-order chi connectivity index (χ0) is 30.3. The number of anilines is 1. The average Bonchev–Trinajstić information content (AvgIpc) is 3.15. The molecule has 0 fully saturated rings. The number of carbonyl (C=O) groups is 2. The maximum absolute atomic E-state index is 13.6. The highest BCUT2D eigenvalue weighted by Crippen LogP contribution is 2.31. The first-order valence-electron chi connectivity index (χ1n) is 14.2. The molecule has 41 heavy (non-hydrogen) atoms. The molecule has 2 aromatic carbocycles. The molecule has 0 aliphatic heterocycles. The van der Waals surface area contributed by atoms with Gasteiger partial charge in [-0.2, -0.15) is 0 Å². The maximum Gasteiger partial charge on any atom is 0.295 e. The van der Waals surface area contributed by atoms with E-state index in [0.29, 0.717) is 47.5 Å². The van der Waals surface area contributed by atoms with Gasteiger partial charge in [0.15, 0.2) is 5.78 Å². The molecule has 0 aliphatic carbocycles. The number of rotatable bonds is 14. The number of nitrogens with zero attached hydrogens (tertiary/aromatic N) is 3. The summed E-state index contributed by atoms with van der Waals surface area (Å²) in [6.45, 7) is 11.2. The van der Waals surface area contributed by atoms with E-state index in [2.05, 4.69) is 24.1 Å². The molecule has 222 valence electrons. The van der Waals surface area contributed by atoms with E-state index < -0.39 is 5.41 Å². The van der Waals surface area contributed by atoms with Crippen LogP contribution in [0.1, 0.15) is 69.9 Å². The number of likely N-dealkylation sites (N-methyl/N-ethyl adjacent to an activating group) is 1. The number of carbonyl (C=O) groups excluding carboxylic acids is 2. The second kappa shape index (κ2) is 14.0. The van der Waals surface area contributed by atoms with Gasteiger partial charge in [0.05, 0.1) is 23.6 Å². The van der Waals surface area contributed by atoms with Crippen LogP contribution < -0.4 is 15.6 Å². The van der Waals surface area contributed by atoms with E-state index in [4.69, 9.17) is 16.3 Å². The van der Waals surface area contributed by atoms with Crippen molar-refractivity contribution in [1.82, 2.24) is 14.3 Å². The Morgan fingerprint density at radius 2 is 1.80 bits per heavy atom. The number of Topliss-reactive ketones (excluding diaryl/α,β-unsaturated/α-hetero) is 1. The number of amides is 1. The number of aromatic nitrogens is 2. The summed E-state index contributed by atoms with van der Waals surface area (Å²) < 4.78 is 9.02. The van der Waals surface area contributed by atoms with Crippen molar-refractivity contribution in [2.75, 3.05) is 25.5 Å². The molecule has 0 saturated carbocycles. The summed E-state index contributed by atoms with van der Waals surface area (Å²) in [4.78, 5) is 42.2. The molecule has 0 saturated heterocycles. The van der Waals surface area contributed by atoms with Gasteiger partial charge in [-0.1, -0.05) is 43.6 Å². The van der Waals surface area contributed by atoms with Gasteiger partial charge < -0.3 is 15.0 Å². The number of nitrogens with one attached hydrogen (secondary N) is 1. The van der Waals surface area contributed by atoms with Gasteiger partial charge in [0.25, 0.3) is 5.56 Å². The van der Waals surface area contributed by atoms with Crippen LogP contribution in [0.15, 0.2) is 53.3 Å². The van der Waals surface area contributed by atoms with Crippen molar-refractivity contribution in [1.29, 1.82) is 0 Å². The average molecular weight is 583 g/mol. The monoisotopic (exact) mass is 582 g/mol. The number of hydrogen-bond donors (Lipinski definition) is 1. The molecule has 1 amide bonds. The van der Waals surface area contributed by atoms with Crippen molar-refractivity contribution < 1.29 is 14.3 Å². The topological polar surface area (TPSA) is 85.6 Å². The van der Waals surface area contributed by atoms with Crippen LogP contribution in [0.3, 0.4) is 0 Å². The molecule has 0 radical (unpaired) electrons. The lowest BCUT2D eigenvalue weighted by Gasteiger charge is -2.24. The summed E-state index contributed by atoms with van der Waals surface area (Å²) in [5, 5.41) is 3.40. The van der Waals surface area contributed by atoms with Crippen LogP contribution in [0, 0.1) is 5.41 Å². The smallest absolute Gasteiger partial charge is 0.295 e. The molecule has 0 unspecified atom stereocenters. The molecular formula is C32H43ClN4O4. The molecular weight excluding hydrogens is 540 g/mol. The number of ether oxygens (including phenoxy) is 1. The minimum absolute atomic E-state index is 0.0881. The van der Waals surface area contributed by atoms with Gasteiger partial charge in [-0.25, -0.2) is 4.68 Å². The standard InChI is InChI=1S/C32H43ClN4O4/c1-8-41-28-15-14-23(33)20-25(28)27(38)16-18-32(4,5)21-29(39)34-30-26(17-19-35(6)22(2)3)36(7)37(31(30)40)24-12-10-9-11-13-24/h9-15,20,22H,8,16-19,21H2,1-7H3,(H,34,39). The third-order valence-electron chi connectivity index (χ3n) is 7.44. The van der Waals surface area contributed by atoms with Crippen molar-refractivity contribution in [3.63, 3.8) is 0 Å². The van der Waals surface area contributed by atoms with Crippen molar-refractivity contribution in [3.05, 3.63) is 75.2 Å². The number of ketones is 1. The Morgan fingerprint density at radius 3 is 2.44 bits per heavy atom. The van der Waals surface area contributed by atoms with Crippen LogP contribution in [0.4, 0.5) is 5.69 Å². The summed E-state index contributed by atoms with van der Waals surface area (Å²) in [5.74, 6) is 0.156. The molecule has 0 spiro atoms.